The van der Waals surface area contributed by atoms with Gasteiger partial charge in [-0.25, -0.2) is 4.98 Å². The van der Waals surface area contributed by atoms with Crippen LogP contribution < -0.4 is 0 Å². The maximum Gasteiger partial charge on any atom is 0.115 e. The molecule has 1 heterocycles. The van der Waals surface area contributed by atoms with E-state index >= 15 is 0 Å². The van der Waals surface area contributed by atoms with E-state index < -0.39 is 0 Å². The SMILES string of the molecule is CSCC(=N)n1ccnc1. The number of rotatable bonds is 2. The summed E-state index contributed by atoms with van der Waals surface area (Å²) in [7, 11) is 0. The Morgan fingerprint density at radius 2 is 2.60 bits per heavy atom. The molecule has 0 aliphatic carbocycles. The van der Waals surface area contributed by atoms with Crippen molar-refractivity contribution in [2.45, 2.75) is 0 Å². The van der Waals surface area contributed by atoms with Crippen LogP contribution in [-0.2, 0) is 0 Å². The van der Waals surface area contributed by atoms with E-state index in [4.69, 9.17) is 5.41 Å². The van der Waals surface area contributed by atoms with Crippen LogP contribution in [0.15, 0.2) is 18.7 Å². The van der Waals surface area contributed by atoms with Gasteiger partial charge in [0.15, 0.2) is 0 Å². The summed E-state index contributed by atoms with van der Waals surface area (Å²) >= 11 is 1.63. The van der Waals surface area contributed by atoms with Crippen molar-refractivity contribution >= 4 is 17.6 Å². The van der Waals surface area contributed by atoms with Gasteiger partial charge in [-0.2, -0.15) is 11.8 Å². The van der Waals surface area contributed by atoms with Crippen molar-refractivity contribution in [2.75, 3.05) is 12.0 Å². The second kappa shape index (κ2) is 3.41. The van der Waals surface area contributed by atoms with Crippen molar-refractivity contribution in [2.24, 2.45) is 0 Å². The summed E-state index contributed by atoms with van der Waals surface area (Å²) in [5, 5.41) is 7.45. The maximum absolute atomic E-state index is 7.45. The molecule has 0 spiro atoms. The molecule has 0 bridgehead atoms. The molecule has 54 valence electrons. The predicted octanol–water partition coefficient (Wildman–Crippen LogP) is 1.07. The minimum atomic E-state index is 0.574. The summed E-state index contributed by atoms with van der Waals surface area (Å²) in [6.45, 7) is 0. The highest BCUT2D eigenvalue weighted by Gasteiger charge is 1.95. The lowest BCUT2D eigenvalue weighted by atomic mass is 10.6. The van der Waals surface area contributed by atoms with E-state index in [0.29, 0.717) is 5.84 Å². The van der Waals surface area contributed by atoms with Crippen molar-refractivity contribution in [3.8, 4) is 0 Å². The molecule has 1 aromatic rings. The Balaban J connectivity index is 2.59. The van der Waals surface area contributed by atoms with Gasteiger partial charge >= 0.3 is 0 Å². The van der Waals surface area contributed by atoms with Crippen LogP contribution in [0.5, 0.6) is 0 Å². The third-order valence-electron chi connectivity index (χ3n) is 1.10. The number of nitrogens with zero attached hydrogens (tertiary/aromatic N) is 2. The van der Waals surface area contributed by atoms with E-state index in [1.54, 1.807) is 35.0 Å². The molecular formula is C6H9N3S. The largest absolute Gasteiger partial charge is 0.294 e. The molecular weight excluding hydrogens is 146 g/mol. The van der Waals surface area contributed by atoms with E-state index in [1.807, 2.05) is 6.26 Å². The Hall–Kier alpha value is -0.770. The normalized spacial score (nSPS) is 9.70. The van der Waals surface area contributed by atoms with Crippen LogP contribution >= 0.6 is 11.8 Å². The third-order valence-corrected chi connectivity index (χ3v) is 1.66. The van der Waals surface area contributed by atoms with E-state index in [1.165, 1.54) is 0 Å². The van der Waals surface area contributed by atoms with Gasteiger partial charge in [-0.3, -0.25) is 9.98 Å². The zero-order valence-corrected chi connectivity index (χ0v) is 6.56. The number of hydrogen-bond donors (Lipinski definition) is 1. The van der Waals surface area contributed by atoms with E-state index in [9.17, 15) is 0 Å². The fourth-order valence-electron chi connectivity index (χ4n) is 0.630. The summed E-state index contributed by atoms with van der Waals surface area (Å²) < 4.78 is 1.70. The number of thioether (sulfide) groups is 1. The van der Waals surface area contributed by atoms with Crippen LogP contribution in [0.3, 0.4) is 0 Å². The summed E-state index contributed by atoms with van der Waals surface area (Å²) in [6, 6.07) is 0. The predicted molar refractivity (Wildman–Crippen MR) is 43.7 cm³/mol. The molecule has 0 fully saturated rings. The van der Waals surface area contributed by atoms with Gasteiger partial charge in [-0.15, -0.1) is 0 Å². The van der Waals surface area contributed by atoms with Crippen molar-refractivity contribution in [1.82, 2.24) is 9.55 Å². The average Bonchev–Trinajstić information content (AvgIpc) is 2.38. The van der Waals surface area contributed by atoms with Gasteiger partial charge < -0.3 is 0 Å². The highest BCUT2D eigenvalue weighted by atomic mass is 32.2. The number of aromatic nitrogens is 2. The van der Waals surface area contributed by atoms with Crippen molar-refractivity contribution in [3.05, 3.63) is 18.7 Å². The van der Waals surface area contributed by atoms with Crippen LogP contribution in [-0.4, -0.2) is 27.4 Å². The Morgan fingerprint density at radius 1 is 1.80 bits per heavy atom. The molecule has 0 aromatic carbocycles. The molecule has 0 radical (unpaired) electrons. The van der Waals surface area contributed by atoms with Gasteiger partial charge in [-0.05, 0) is 6.26 Å². The first-order valence-corrected chi connectivity index (χ1v) is 4.28. The Labute approximate surface area is 64.0 Å². The van der Waals surface area contributed by atoms with Gasteiger partial charge in [0.1, 0.15) is 12.2 Å². The van der Waals surface area contributed by atoms with E-state index in [2.05, 4.69) is 4.98 Å². The zero-order chi connectivity index (χ0) is 7.40. The Bertz CT molecular complexity index is 205. The molecule has 0 aliphatic rings. The lowest BCUT2D eigenvalue weighted by molar-refractivity contribution is 1.10. The van der Waals surface area contributed by atoms with Crippen molar-refractivity contribution in [1.29, 1.82) is 5.41 Å². The molecule has 0 saturated carbocycles. The Kier molecular flexibility index (Phi) is 2.50. The first-order chi connectivity index (χ1) is 4.84. The molecule has 1 N–H and O–H groups in total. The summed E-state index contributed by atoms with van der Waals surface area (Å²) in [4.78, 5) is 3.84. The Morgan fingerprint density at radius 3 is 3.10 bits per heavy atom. The lowest BCUT2D eigenvalue weighted by Crippen LogP contribution is -2.10. The van der Waals surface area contributed by atoms with Gasteiger partial charge in [0, 0.05) is 12.4 Å². The van der Waals surface area contributed by atoms with E-state index in [0.717, 1.165) is 5.75 Å². The van der Waals surface area contributed by atoms with Crippen molar-refractivity contribution in [3.63, 3.8) is 0 Å². The molecule has 0 saturated heterocycles. The standard InChI is InChI=1S/C6H9N3S/c1-10-4-6(7)9-3-2-8-5-9/h2-3,5,7H,4H2,1H3. The molecule has 1 aromatic heterocycles. The molecule has 0 amide bonds. The monoisotopic (exact) mass is 155 g/mol. The van der Waals surface area contributed by atoms with Crippen LogP contribution in [0, 0.1) is 5.41 Å². The fraction of sp³-hybridized carbons (Fsp3) is 0.333. The van der Waals surface area contributed by atoms with Gasteiger partial charge in [0.05, 0.1) is 5.75 Å². The summed E-state index contributed by atoms with van der Waals surface area (Å²) in [6.07, 6.45) is 7.07. The molecule has 0 atom stereocenters. The molecule has 1 rings (SSSR count). The van der Waals surface area contributed by atoms with Crippen LogP contribution in [0.4, 0.5) is 0 Å². The smallest absolute Gasteiger partial charge is 0.115 e. The first kappa shape index (κ1) is 7.34. The summed E-state index contributed by atoms with van der Waals surface area (Å²) in [5.74, 6) is 1.31. The molecule has 0 aliphatic heterocycles. The molecule has 0 unspecified atom stereocenters. The van der Waals surface area contributed by atoms with E-state index in [-0.39, 0.29) is 0 Å². The lowest BCUT2D eigenvalue weighted by Gasteiger charge is -1.99. The minimum Gasteiger partial charge on any atom is -0.294 e. The maximum atomic E-state index is 7.45. The highest BCUT2D eigenvalue weighted by Crippen LogP contribution is 1.94. The number of hydrogen-bond acceptors (Lipinski definition) is 3. The number of nitrogens with one attached hydrogen (secondary N) is 1. The van der Waals surface area contributed by atoms with Crippen molar-refractivity contribution < 1.29 is 0 Å². The van der Waals surface area contributed by atoms with Crippen LogP contribution in [0.2, 0.25) is 0 Å². The first-order valence-electron chi connectivity index (χ1n) is 2.89. The van der Waals surface area contributed by atoms with Gasteiger partial charge in [0.2, 0.25) is 0 Å². The quantitative estimate of drug-likeness (QED) is 0.512. The van der Waals surface area contributed by atoms with Gasteiger partial charge in [-0.1, -0.05) is 0 Å². The molecule has 10 heavy (non-hydrogen) atoms. The summed E-state index contributed by atoms with van der Waals surface area (Å²) in [5.41, 5.74) is 0. The minimum absolute atomic E-state index is 0.574. The topological polar surface area (TPSA) is 41.7 Å². The van der Waals surface area contributed by atoms with Crippen LogP contribution in [0.25, 0.3) is 0 Å². The zero-order valence-electron chi connectivity index (χ0n) is 5.74. The second-order valence-corrected chi connectivity index (χ2v) is 2.72. The van der Waals surface area contributed by atoms with Gasteiger partial charge in [0.25, 0.3) is 0 Å². The highest BCUT2D eigenvalue weighted by molar-refractivity contribution is 7.99. The second-order valence-electron chi connectivity index (χ2n) is 1.85. The number of imidazole rings is 1. The molecule has 4 heteroatoms. The average molecular weight is 155 g/mol. The third kappa shape index (κ3) is 1.60. The molecule has 3 nitrogen and oxygen atoms in total. The fourth-order valence-corrected chi connectivity index (χ4v) is 1.05. The van der Waals surface area contributed by atoms with Crippen LogP contribution in [0.1, 0.15) is 0 Å².